The predicted molar refractivity (Wildman–Crippen MR) is 102 cm³/mol. The van der Waals surface area contributed by atoms with Crippen LogP contribution >= 0.6 is 11.6 Å². The van der Waals surface area contributed by atoms with Gasteiger partial charge in [0.1, 0.15) is 23.6 Å². The van der Waals surface area contributed by atoms with Crippen molar-refractivity contribution >= 4 is 29.0 Å². The van der Waals surface area contributed by atoms with E-state index in [-0.39, 0.29) is 11.6 Å². The average molecular weight is 369 g/mol. The minimum absolute atomic E-state index is 0.265. The van der Waals surface area contributed by atoms with Crippen LogP contribution in [0.2, 0.25) is 5.02 Å². The molecule has 0 unspecified atom stereocenters. The number of hydrogen-bond donors (Lipinski definition) is 2. The van der Waals surface area contributed by atoms with E-state index in [1.54, 1.807) is 37.4 Å². The molecule has 6 nitrogen and oxygen atoms in total. The number of nitrogens with one attached hydrogen (secondary N) is 2. The van der Waals surface area contributed by atoms with Crippen LogP contribution in [0.25, 0.3) is 0 Å². The third-order valence-electron chi connectivity index (χ3n) is 3.61. The van der Waals surface area contributed by atoms with Gasteiger partial charge in [0, 0.05) is 29.4 Å². The third-order valence-corrected chi connectivity index (χ3v) is 3.87. The van der Waals surface area contributed by atoms with Gasteiger partial charge in [0.25, 0.3) is 5.91 Å². The molecule has 0 saturated carbocycles. The summed E-state index contributed by atoms with van der Waals surface area (Å²) >= 11 is 5.88. The molecule has 1 heterocycles. The van der Waals surface area contributed by atoms with Crippen molar-refractivity contribution in [3.63, 3.8) is 0 Å². The van der Waals surface area contributed by atoms with E-state index in [9.17, 15) is 4.79 Å². The van der Waals surface area contributed by atoms with Crippen molar-refractivity contribution in [2.75, 3.05) is 17.7 Å². The van der Waals surface area contributed by atoms with Gasteiger partial charge in [0.2, 0.25) is 0 Å². The number of amides is 1. The molecule has 2 N–H and O–H groups in total. The first-order valence-corrected chi connectivity index (χ1v) is 8.27. The zero-order valence-electron chi connectivity index (χ0n) is 14.1. The SMILES string of the molecule is COc1cccc(NC(=O)c2cc(NCc3ccc(Cl)cc3)ncn2)c1. The second kappa shape index (κ2) is 8.31. The molecule has 132 valence electrons. The molecule has 7 heteroatoms. The van der Waals surface area contributed by atoms with Gasteiger partial charge >= 0.3 is 0 Å². The van der Waals surface area contributed by atoms with Gasteiger partial charge in [-0.2, -0.15) is 0 Å². The van der Waals surface area contributed by atoms with E-state index < -0.39 is 0 Å². The van der Waals surface area contributed by atoms with Crippen LogP contribution in [0.1, 0.15) is 16.1 Å². The Labute approximate surface area is 156 Å². The van der Waals surface area contributed by atoms with Crippen molar-refractivity contribution in [1.82, 2.24) is 9.97 Å². The monoisotopic (exact) mass is 368 g/mol. The Morgan fingerprint density at radius 1 is 1.12 bits per heavy atom. The van der Waals surface area contributed by atoms with Crippen LogP contribution < -0.4 is 15.4 Å². The van der Waals surface area contributed by atoms with Crippen molar-refractivity contribution in [1.29, 1.82) is 0 Å². The highest BCUT2D eigenvalue weighted by Crippen LogP contribution is 2.18. The van der Waals surface area contributed by atoms with Crippen molar-refractivity contribution in [3.05, 3.63) is 77.2 Å². The minimum Gasteiger partial charge on any atom is -0.497 e. The van der Waals surface area contributed by atoms with Crippen LogP contribution in [-0.4, -0.2) is 23.0 Å². The summed E-state index contributed by atoms with van der Waals surface area (Å²) in [5, 5.41) is 6.64. The number of ether oxygens (including phenoxy) is 1. The molecule has 0 fully saturated rings. The van der Waals surface area contributed by atoms with Crippen molar-refractivity contribution < 1.29 is 9.53 Å². The highest BCUT2D eigenvalue weighted by atomic mass is 35.5. The summed E-state index contributed by atoms with van der Waals surface area (Å²) in [5.41, 5.74) is 1.94. The van der Waals surface area contributed by atoms with E-state index in [1.165, 1.54) is 6.33 Å². The van der Waals surface area contributed by atoms with Gasteiger partial charge in [-0.3, -0.25) is 4.79 Å². The second-order valence-corrected chi connectivity index (χ2v) is 5.89. The van der Waals surface area contributed by atoms with E-state index in [0.717, 1.165) is 5.56 Å². The standard InChI is InChI=1S/C19H17ClN4O2/c1-26-16-4-2-3-15(9-16)24-19(25)17-10-18(23-12-22-17)21-11-13-5-7-14(20)8-6-13/h2-10,12H,11H2,1H3,(H,24,25)(H,21,22,23). The molecule has 0 aliphatic heterocycles. The third kappa shape index (κ3) is 4.70. The lowest BCUT2D eigenvalue weighted by atomic mass is 10.2. The lowest BCUT2D eigenvalue weighted by Crippen LogP contribution is -2.14. The van der Waals surface area contributed by atoms with Gasteiger partial charge in [0.15, 0.2) is 0 Å². The number of aromatic nitrogens is 2. The number of carbonyl (C=O) groups is 1. The Bertz CT molecular complexity index is 900. The lowest BCUT2D eigenvalue weighted by molar-refractivity contribution is 0.102. The maximum absolute atomic E-state index is 12.4. The largest absolute Gasteiger partial charge is 0.497 e. The predicted octanol–water partition coefficient (Wildman–Crippen LogP) is 4.00. The number of nitrogens with zero attached hydrogens (tertiary/aromatic N) is 2. The number of carbonyl (C=O) groups excluding carboxylic acids is 1. The van der Waals surface area contributed by atoms with Crippen molar-refractivity contribution in [2.24, 2.45) is 0 Å². The summed E-state index contributed by atoms with van der Waals surface area (Å²) in [7, 11) is 1.57. The number of methoxy groups -OCH3 is 1. The summed E-state index contributed by atoms with van der Waals surface area (Å²) in [6.45, 7) is 0.561. The highest BCUT2D eigenvalue weighted by Gasteiger charge is 2.10. The molecular formula is C19H17ClN4O2. The molecule has 1 amide bonds. The minimum atomic E-state index is -0.324. The quantitative estimate of drug-likeness (QED) is 0.687. The zero-order valence-corrected chi connectivity index (χ0v) is 14.8. The molecule has 0 aliphatic rings. The number of anilines is 2. The summed E-state index contributed by atoms with van der Waals surface area (Å²) < 4.78 is 5.15. The number of halogens is 1. The topological polar surface area (TPSA) is 76.1 Å². The van der Waals surface area contributed by atoms with E-state index in [4.69, 9.17) is 16.3 Å². The summed E-state index contributed by atoms with van der Waals surface area (Å²) in [6.07, 6.45) is 1.35. The number of hydrogen-bond acceptors (Lipinski definition) is 5. The first-order chi connectivity index (χ1) is 12.6. The summed E-state index contributed by atoms with van der Waals surface area (Å²) in [4.78, 5) is 20.6. The average Bonchev–Trinajstić information content (AvgIpc) is 2.68. The van der Waals surface area contributed by atoms with Crippen LogP contribution in [0.15, 0.2) is 60.9 Å². The van der Waals surface area contributed by atoms with Crippen LogP contribution in [0.3, 0.4) is 0 Å². The molecule has 0 saturated heterocycles. The van der Waals surface area contributed by atoms with Gasteiger partial charge in [-0.1, -0.05) is 29.8 Å². The summed E-state index contributed by atoms with van der Waals surface area (Å²) in [5.74, 6) is 0.900. The highest BCUT2D eigenvalue weighted by molar-refractivity contribution is 6.30. The second-order valence-electron chi connectivity index (χ2n) is 5.45. The molecule has 3 aromatic rings. The zero-order chi connectivity index (χ0) is 18.4. The molecule has 2 aromatic carbocycles. The van der Waals surface area contributed by atoms with E-state index in [1.807, 2.05) is 24.3 Å². The van der Waals surface area contributed by atoms with Crippen LogP contribution in [0.4, 0.5) is 11.5 Å². The van der Waals surface area contributed by atoms with Gasteiger partial charge in [-0.25, -0.2) is 9.97 Å². The van der Waals surface area contributed by atoms with Crippen LogP contribution in [-0.2, 0) is 6.54 Å². The first kappa shape index (κ1) is 17.7. The van der Waals surface area contributed by atoms with Gasteiger partial charge in [0.05, 0.1) is 7.11 Å². The fourth-order valence-electron chi connectivity index (χ4n) is 2.27. The Morgan fingerprint density at radius 2 is 1.92 bits per heavy atom. The molecule has 0 spiro atoms. The van der Waals surface area contributed by atoms with Gasteiger partial charge in [-0.05, 0) is 29.8 Å². The van der Waals surface area contributed by atoms with Gasteiger partial charge in [-0.15, -0.1) is 0 Å². The molecule has 0 aliphatic carbocycles. The van der Waals surface area contributed by atoms with E-state index in [2.05, 4.69) is 20.6 Å². The molecule has 26 heavy (non-hydrogen) atoms. The first-order valence-electron chi connectivity index (χ1n) is 7.90. The van der Waals surface area contributed by atoms with Crippen molar-refractivity contribution in [2.45, 2.75) is 6.54 Å². The molecule has 3 rings (SSSR count). The fourth-order valence-corrected chi connectivity index (χ4v) is 2.39. The lowest BCUT2D eigenvalue weighted by Gasteiger charge is -2.09. The maximum atomic E-state index is 12.4. The Hall–Kier alpha value is -3.12. The number of benzene rings is 2. The van der Waals surface area contributed by atoms with Crippen molar-refractivity contribution in [3.8, 4) is 5.75 Å². The molecule has 0 atom stereocenters. The van der Waals surface area contributed by atoms with Crippen LogP contribution in [0.5, 0.6) is 5.75 Å². The van der Waals surface area contributed by atoms with E-state index in [0.29, 0.717) is 28.8 Å². The maximum Gasteiger partial charge on any atom is 0.274 e. The fraction of sp³-hybridized carbons (Fsp3) is 0.105. The molecular weight excluding hydrogens is 352 g/mol. The van der Waals surface area contributed by atoms with E-state index >= 15 is 0 Å². The molecule has 0 radical (unpaired) electrons. The molecule has 1 aromatic heterocycles. The summed E-state index contributed by atoms with van der Waals surface area (Å²) in [6, 6.07) is 16.2. The normalized spacial score (nSPS) is 10.2. The Kier molecular flexibility index (Phi) is 5.66. The smallest absolute Gasteiger partial charge is 0.274 e. The van der Waals surface area contributed by atoms with Gasteiger partial charge < -0.3 is 15.4 Å². The molecule has 0 bridgehead atoms. The Balaban J connectivity index is 1.65. The van der Waals surface area contributed by atoms with Crippen LogP contribution in [0, 0.1) is 0 Å². The number of rotatable bonds is 6. The Morgan fingerprint density at radius 3 is 2.69 bits per heavy atom.